The number of anilines is 1. The van der Waals surface area contributed by atoms with Gasteiger partial charge in [-0.3, -0.25) is 4.57 Å². The fraction of sp³-hybridized carbons (Fsp3) is 0.318. The van der Waals surface area contributed by atoms with Crippen LogP contribution in [0.3, 0.4) is 0 Å². The molecule has 0 saturated heterocycles. The van der Waals surface area contributed by atoms with Gasteiger partial charge in [0.2, 0.25) is 5.88 Å². The molecule has 0 bridgehead atoms. The van der Waals surface area contributed by atoms with E-state index in [0.29, 0.717) is 36.6 Å². The Hall–Kier alpha value is -3.81. The molecule has 0 radical (unpaired) electrons. The number of hydrogen-bond donors (Lipinski definition) is 1. The number of halogens is 4. The fourth-order valence-electron chi connectivity index (χ4n) is 3.60. The van der Waals surface area contributed by atoms with E-state index >= 15 is 0 Å². The van der Waals surface area contributed by atoms with E-state index in [-0.39, 0.29) is 30.2 Å². The van der Waals surface area contributed by atoms with Crippen molar-refractivity contribution in [2.45, 2.75) is 31.7 Å². The largest absolute Gasteiger partial charge is 0.482 e. The molecular formula is C22H18F4N4O3. The molecule has 172 valence electrons. The SMILES string of the molecule is CC1(Oc2ccc(F)c(C(F)(F)F)c2)CC=C(COc2cc3n(c(=O)n2)CCN3)C=C1C#N. The average molecular weight is 462 g/mol. The number of alkyl halides is 3. The molecule has 0 saturated carbocycles. The van der Waals surface area contributed by atoms with Crippen LogP contribution in [0.1, 0.15) is 18.9 Å². The number of aromatic nitrogens is 2. The number of rotatable bonds is 5. The molecule has 1 aliphatic carbocycles. The van der Waals surface area contributed by atoms with Crippen molar-refractivity contribution in [1.29, 1.82) is 5.26 Å². The zero-order valence-corrected chi connectivity index (χ0v) is 17.4. The normalized spacial score (nSPS) is 19.6. The third kappa shape index (κ3) is 4.55. The van der Waals surface area contributed by atoms with E-state index in [2.05, 4.69) is 10.3 Å². The molecule has 0 spiro atoms. The second kappa shape index (κ2) is 8.27. The Bertz CT molecular complexity index is 1260. The van der Waals surface area contributed by atoms with Gasteiger partial charge in [-0.15, -0.1) is 0 Å². The van der Waals surface area contributed by atoms with Crippen LogP contribution in [-0.2, 0) is 12.7 Å². The summed E-state index contributed by atoms with van der Waals surface area (Å²) in [5, 5.41) is 12.7. The van der Waals surface area contributed by atoms with Crippen molar-refractivity contribution < 1.29 is 27.0 Å². The van der Waals surface area contributed by atoms with Crippen molar-refractivity contribution in [3.63, 3.8) is 0 Å². The van der Waals surface area contributed by atoms with Crippen LogP contribution in [-0.4, -0.2) is 28.3 Å². The van der Waals surface area contributed by atoms with Gasteiger partial charge in [0.15, 0.2) is 0 Å². The Morgan fingerprint density at radius 1 is 1.33 bits per heavy atom. The van der Waals surface area contributed by atoms with Crippen molar-refractivity contribution >= 4 is 5.82 Å². The number of nitriles is 1. The molecule has 0 amide bonds. The zero-order valence-electron chi connectivity index (χ0n) is 17.4. The van der Waals surface area contributed by atoms with Crippen molar-refractivity contribution in [3.05, 3.63) is 69.4 Å². The Labute approximate surface area is 185 Å². The summed E-state index contributed by atoms with van der Waals surface area (Å²) < 4.78 is 65.4. The van der Waals surface area contributed by atoms with Gasteiger partial charge in [-0.05, 0) is 36.8 Å². The summed E-state index contributed by atoms with van der Waals surface area (Å²) in [5.74, 6) is -0.886. The highest BCUT2D eigenvalue weighted by molar-refractivity contribution is 5.45. The van der Waals surface area contributed by atoms with Gasteiger partial charge in [-0.2, -0.15) is 23.4 Å². The minimum absolute atomic E-state index is 0.0198. The summed E-state index contributed by atoms with van der Waals surface area (Å²) in [6.45, 7) is 2.72. The van der Waals surface area contributed by atoms with Crippen LogP contribution >= 0.6 is 0 Å². The summed E-state index contributed by atoms with van der Waals surface area (Å²) >= 11 is 0. The fourth-order valence-corrected chi connectivity index (χ4v) is 3.60. The third-order valence-corrected chi connectivity index (χ3v) is 5.38. The lowest BCUT2D eigenvalue weighted by Crippen LogP contribution is -2.36. The highest BCUT2D eigenvalue weighted by Crippen LogP contribution is 2.37. The van der Waals surface area contributed by atoms with E-state index in [1.54, 1.807) is 19.1 Å². The van der Waals surface area contributed by atoms with Crippen molar-refractivity contribution in [3.8, 4) is 17.7 Å². The molecule has 1 N–H and O–H groups in total. The first-order valence-electron chi connectivity index (χ1n) is 9.95. The molecule has 1 aliphatic heterocycles. The summed E-state index contributed by atoms with van der Waals surface area (Å²) in [4.78, 5) is 15.9. The summed E-state index contributed by atoms with van der Waals surface area (Å²) in [7, 11) is 0. The van der Waals surface area contributed by atoms with Crippen molar-refractivity contribution in [2.24, 2.45) is 0 Å². The van der Waals surface area contributed by atoms with Crippen LogP contribution in [0, 0.1) is 17.1 Å². The maximum atomic E-state index is 13.6. The maximum Gasteiger partial charge on any atom is 0.419 e. The maximum absolute atomic E-state index is 13.6. The van der Waals surface area contributed by atoms with E-state index in [1.807, 2.05) is 6.07 Å². The first kappa shape index (κ1) is 22.4. The van der Waals surface area contributed by atoms with E-state index in [9.17, 15) is 27.6 Å². The lowest BCUT2D eigenvalue weighted by molar-refractivity contribution is -0.140. The van der Waals surface area contributed by atoms with Gasteiger partial charge in [-0.1, -0.05) is 6.08 Å². The van der Waals surface area contributed by atoms with E-state index < -0.39 is 28.8 Å². The molecule has 1 unspecified atom stereocenters. The van der Waals surface area contributed by atoms with Crippen LogP contribution in [0.15, 0.2) is 52.4 Å². The highest BCUT2D eigenvalue weighted by atomic mass is 19.4. The van der Waals surface area contributed by atoms with Gasteiger partial charge in [-0.25, -0.2) is 9.18 Å². The number of nitrogens with zero attached hydrogens (tertiary/aromatic N) is 3. The Kier molecular flexibility index (Phi) is 5.61. The molecule has 2 aliphatic rings. The number of fused-ring (bicyclic) bond motifs is 1. The monoisotopic (exact) mass is 462 g/mol. The van der Waals surface area contributed by atoms with Gasteiger partial charge >= 0.3 is 11.9 Å². The quantitative estimate of drug-likeness (QED) is 0.680. The van der Waals surface area contributed by atoms with Gasteiger partial charge in [0, 0.05) is 25.6 Å². The number of ether oxygens (including phenoxy) is 2. The predicted octanol–water partition coefficient (Wildman–Crippen LogP) is 3.82. The molecule has 1 atom stereocenters. The van der Waals surface area contributed by atoms with Crippen LogP contribution < -0.4 is 20.5 Å². The summed E-state index contributed by atoms with van der Waals surface area (Å²) in [6, 6.07) is 5.94. The minimum atomic E-state index is -4.88. The Morgan fingerprint density at radius 3 is 2.85 bits per heavy atom. The molecule has 7 nitrogen and oxygen atoms in total. The van der Waals surface area contributed by atoms with Crippen LogP contribution in [0.2, 0.25) is 0 Å². The van der Waals surface area contributed by atoms with E-state index in [0.717, 1.165) is 6.07 Å². The summed E-state index contributed by atoms with van der Waals surface area (Å²) in [6.07, 6.45) is -1.49. The second-order valence-electron chi connectivity index (χ2n) is 7.75. The number of hydrogen-bond acceptors (Lipinski definition) is 6. The third-order valence-electron chi connectivity index (χ3n) is 5.38. The number of nitrogens with one attached hydrogen (secondary N) is 1. The molecule has 1 aromatic heterocycles. The van der Waals surface area contributed by atoms with Crippen LogP contribution in [0.4, 0.5) is 23.4 Å². The highest BCUT2D eigenvalue weighted by Gasteiger charge is 2.37. The zero-order chi connectivity index (χ0) is 23.8. The first-order chi connectivity index (χ1) is 15.6. The lowest BCUT2D eigenvalue weighted by Gasteiger charge is -2.32. The standard InChI is InChI=1S/C22H18F4N4O3/c1-21(33-15-2-3-17(23)16(9-15)22(24,25)26)5-4-13(8-14(21)11-27)12-32-19-10-18-28-6-7-30(18)20(31)29-19/h2-4,8-10,28H,5-7,12H2,1H3. The first-order valence-corrected chi connectivity index (χ1v) is 9.95. The van der Waals surface area contributed by atoms with E-state index in [1.165, 1.54) is 10.6 Å². The second-order valence-corrected chi connectivity index (χ2v) is 7.75. The van der Waals surface area contributed by atoms with Crippen LogP contribution in [0.5, 0.6) is 11.6 Å². The molecule has 1 aromatic carbocycles. The van der Waals surface area contributed by atoms with Crippen LogP contribution in [0.25, 0.3) is 0 Å². The Balaban J connectivity index is 1.49. The molecule has 33 heavy (non-hydrogen) atoms. The lowest BCUT2D eigenvalue weighted by atomic mass is 9.86. The molecule has 0 fully saturated rings. The summed E-state index contributed by atoms with van der Waals surface area (Å²) in [5.41, 5.74) is -2.37. The molecule has 4 rings (SSSR count). The number of benzene rings is 1. The minimum Gasteiger partial charge on any atom is -0.482 e. The van der Waals surface area contributed by atoms with Crippen molar-refractivity contribution in [1.82, 2.24) is 9.55 Å². The predicted molar refractivity (Wildman–Crippen MR) is 109 cm³/mol. The van der Waals surface area contributed by atoms with Gasteiger partial charge < -0.3 is 14.8 Å². The van der Waals surface area contributed by atoms with Crippen molar-refractivity contribution in [2.75, 3.05) is 18.5 Å². The Morgan fingerprint density at radius 2 is 2.12 bits per heavy atom. The topological polar surface area (TPSA) is 89.2 Å². The molecular weight excluding hydrogens is 444 g/mol. The molecule has 2 aromatic rings. The molecule has 2 heterocycles. The van der Waals surface area contributed by atoms with E-state index in [4.69, 9.17) is 9.47 Å². The van der Waals surface area contributed by atoms with Gasteiger partial charge in [0.25, 0.3) is 0 Å². The average Bonchev–Trinajstić information content (AvgIpc) is 3.23. The van der Waals surface area contributed by atoms with Gasteiger partial charge in [0.05, 0.1) is 17.2 Å². The smallest absolute Gasteiger partial charge is 0.419 e. The van der Waals surface area contributed by atoms with Gasteiger partial charge in [0.1, 0.15) is 29.6 Å². The molecule has 11 heteroatoms.